The third kappa shape index (κ3) is 16.1. The zero-order chi connectivity index (χ0) is 46.6. The predicted octanol–water partition coefficient (Wildman–Crippen LogP) is 12.6. The van der Waals surface area contributed by atoms with Crippen LogP contribution in [-0.2, 0) is 0 Å². The van der Waals surface area contributed by atoms with E-state index in [1.54, 1.807) is 27.6 Å². The standard InChI is InChI=1S/C19H12FN3.C11H7FIN3.C8H6.C7H3F2N.C4H5IN2/c1-14-10-17(9-8-15-6-4-3-5-7-15)22-23(14)19-12-16(20)11-18(13-19)21-2;1-7-3-11(13)15-16(7)10-5-8(12)4-9(6-10)14-2;1-2-8-6-4-3-5-7-8;8-6-1-5(4-10)2-7(9)3-6;1-3-2-4(5)7-6-3/h3-7,10-13H,1H3;3-6H,1H3;1,3-7H;1-3H;2H,1H3,(H,6,7). The van der Waals surface area contributed by atoms with Crippen molar-refractivity contribution in [1.29, 1.82) is 5.26 Å². The molecule has 9 nitrogen and oxygen atoms in total. The first kappa shape index (κ1) is 49.2. The van der Waals surface area contributed by atoms with Crippen LogP contribution in [0.5, 0.6) is 0 Å². The van der Waals surface area contributed by atoms with Gasteiger partial charge in [-0.05, 0) is 163 Å². The Morgan fingerprint density at radius 2 is 1.09 bits per heavy atom. The molecule has 0 saturated heterocycles. The smallest absolute Gasteiger partial charge is 0.192 e. The molecule has 316 valence electrons. The minimum absolute atomic E-state index is 0.00231. The SMILES string of the molecule is C#Cc1ccccc1.Cc1cc(I)n[nH]1.N#Cc1cc(F)cc(F)c1.[C-]#[N+]c1cc(F)cc(-n2nc(C#Cc3ccccc3)cc2C)c1.[C-]#[N+]c1cc(F)cc(-n2nc(I)cc2C)c1. The van der Waals surface area contributed by atoms with Crippen LogP contribution in [0.3, 0.4) is 0 Å². The Balaban J connectivity index is 0.000000190. The number of benzene rings is 5. The lowest BCUT2D eigenvalue weighted by molar-refractivity contribution is 0.582. The van der Waals surface area contributed by atoms with Gasteiger partial charge >= 0.3 is 0 Å². The summed E-state index contributed by atoms with van der Waals surface area (Å²) < 4.78 is 56.4. The molecule has 64 heavy (non-hydrogen) atoms. The summed E-state index contributed by atoms with van der Waals surface area (Å²) in [5.74, 6) is 6.23. The van der Waals surface area contributed by atoms with E-state index in [0.29, 0.717) is 17.1 Å². The normalized spacial score (nSPS) is 9.45. The molecule has 0 bridgehead atoms. The highest BCUT2D eigenvalue weighted by Crippen LogP contribution is 2.23. The number of H-pyrrole nitrogens is 1. The summed E-state index contributed by atoms with van der Waals surface area (Å²) in [5, 5.41) is 23.5. The first-order chi connectivity index (χ1) is 30.7. The van der Waals surface area contributed by atoms with Crippen LogP contribution in [0.1, 0.15) is 39.5 Å². The maximum absolute atomic E-state index is 13.6. The molecular formula is C49H33F4I2N9. The van der Waals surface area contributed by atoms with E-state index >= 15 is 0 Å². The first-order valence-electron chi connectivity index (χ1n) is 18.5. The second-order valence-electron chi connectivity index (χ2n) is 12.9. The van der Waals surface area contributed by atoms with Gasteiger partial charge in [-0.2, -0.15) is 20.6 Å². The van der Waals surface area contributed by atoms with Gasteiger partial charge in [0.1, 0.15) is 36.4 Å². The molecule has 3 aromatic heterocycles. The number of nitrogens with one attached hydrogen (secondary N) is 1. The van der Waals surface area contributed by atoms with Gasteiger partial charge in [0.2, 0.25) is 0 Å². The number of nitrogens with zero attached hydrogens (tertiary/aromatic N) is 8. The fourth-order valence-corrected chi connectivity index (χ4v) is 6.44. The third-order valence-corrected chi connectivity index (χ3v) is 9.02. The lowest BCUT2D eigenvalue weighted by Crippen LogP contribution is -1.99. The molecule has 8 rings (SSSR count). The van der Waals surface area contributed by atoms with Gasteiger partial charge in [0.05, 0.1) is 36.2 Å². The van der Waals surface area contributed by atoms with E-state index in [-0.39, 0.29) is 16.9 Å². The number of terminal acetylenes is 1. The zero-order valence-corrected chi connectivity index (χ0v) is 38.4. The van der Waals surface area contributed by atoms with Gasteiger partial charge in [0.25, 0.3) is 0 Å². The summed E-state index contributed by atoms with van der Waals surface area (Å²) in [6, 6.07) is 37.6. The second-order valence-corrected chi connectivity index (χ2v) is 15.1. The molecule has 0 aliphatic rings. The topological polar surface area (TPSA) is 96.8 Å². The first-order valence-corrected chi connectivity index (χ1v) is 20.6. The quantitative estimate of drug-likeness (QED) is 0.0807. The van der Waals surface area contributed by atoms with Crippen molar-refractivity contribution in [2.45, 2.75) is 20.8 Å². The summed E-state index contributed by atoms with van der Waals surface area (Å²) >= 11 is 4.25. The molecule has 5 aromatic carbocycles. The number of aromatic amines is 1. The molecule has 0 spiro atoms. The van der Waals surface area contributed by atoms with Gasteiger partial charge < -0.3 is 0 Å². The molecule has 0 unspecified atom stereocenters. The molecule has 8 aromatic rings. The Bertz CT molecular complexity index is 3030. The number of nitriles is 1. The molecule has 0 aliphatic heterocycles. The van der Waals surface area contributed by atoms with Crippen molar-refractivity contribution in [2.75, 3.05) is 0 Å². The van der Waals surface area contributed by atoms with Crippen LogP contribution in [0, 0.1) is 100 Å². The average Bonchev–Trinajstić information content (AvgIpc) is 3.98. The summed E-state index contributed by atoms with van der Waals surface area (Å²) in [7, 11) is 0. The third-order valence-electron chi connectivity index (χ3n) is 7.94. The highest BCUT2D eigenvalue weighted by Gasteiger charge is 2.09. The number of rotatable bonds is 2. The van der Waals surface area contributed by atoms with Gasteiger partial charge in [-0.3, -0.25) is 5.10 Å². The van der Waals surface area contributed by atoms with Crippen molar-refractivity contribution in [3.63, 3.8) is 0 Å². The summed E-state index contributed by atoms with van der Waals surface area (Å²) in [4.78, 5) is 6.49. The number of aryl methyl sites for hydroxylation is 3. The fourth-order valence-electron chi connectivity index (χ4n) is 5.18. The van der Waals surface area contributed by atoms with Gasteiger partial charge in [0, 0.05) is 34.3 Å². The zero-order valence-electron chi connectivity index (χ0n) is 34.1. The predicted molar refractivity (Wildman–Crippen MR) is 256 cm³/mol. The minimum atomic E-state index is -0.725. The number of halogens is 6. The number of hydrogen-bond donors (Lipinski definition) is 1. The maximum Gasteiger partial charge on any atom is 0.192 e. The Hall–Kier alpha value is -7.50. The van der Waals surface area contributed by atoms with Crippen LogP contribution in [0.4, 0.5) is 28.9 Å². The van der Waals surface area contributed by atoms with Crippen LogP contribution < -0.4 is 0 Å². The van der Waals surface area contributed by atoms with Crippen molar-refractivity contribution >= 4 is 56.6 Å². The largest absolute Gasteiger partial charge is 0.282 e. The molecule has 0 amide bonds. The van der Waals surface area contributed by atoms with Crippen molar-refractivity contribution in [2.24, 2.45) is 0 Å². The molecule has 0 radical (unpaired) electrons. The monoisotopic (exact) mass is 1080 g/mol. The Morgan fingerprint density at radius 1 is 0.594 bits per heavy atom. The lowest BCUT2D eigenvalue weighted by atomic mass is 10.2. The van der Waals surface area contributed by atoms with E-state index in [9.17, 15) is 17.6 Å². The van der Waals surface area contributed by atoms with Gasteiger partial charge in [-0.15, -0.1) is 6.42 Å². The van der Waals surface area contributed by atoms with Crippen LogP contribution in [0.2, 0.25) is 0 Å². The molecule has 0 atom stereocenters. The second kappa shape index (κ2) is 24.8. The Labute approximate surface area is 395 Å². The van der Waals surface area contributed by atoms with Crippen LogP contribution in [-0.4, -0.2) is 29.8 Å². The maximum atomic E-state index is 13.6. The number of aromatic nitrogens is 6. The minimum Gasteiger partial charge on any atom is -0.282 e. The van der Waals surface area contributed by atoms with Crippen molar-refractivity contribution in [3.05, 3.63) is 226 Å². The molecule has 0 saturated carbocycles. The summed E-state index contributed by atoms with van der Waals surface area (Å²) in [5.41, 5.74) is 6.89. The van der Waals surface area contributed by atoms with Gasteiger partial charge in [-0.1, -0.05) is 48.2 Å². The Kier molecular flexibility index (Phi) is 19.1. The van der Waals surface area contributed by atoms with E-state index in [4.69, 9.17) is 24.8 Å². The molecule has 3 heterocycles. The van der Waals surface area contributed by atoms with E-state index in [1.165, 1.54) is 24.3 Å². The molecule has 1 N–H and O–H groups in total. The average molecular weight is 1080 g/mol. The van der Waals surface area contributed by atoms with Gasteiger partial charge in [-0.25, -0.2) is 36.6 Å². The van der Waals surface area contributed by atoms with Crippen molar-refractivity contribution in [1.82, 2.24) is 29.8 Å². The van der Waals surface area contributed by atoms with Crippen molar-refractivity contribution in [3.8, 4) is 41.6 Å². The summed E-state index contributed by atoms with van der Waals surface area (Å²) in [6.07, 6.45) is 5.10. The van der Waals surface area contributed by atoms with E-state index in [1.807, 2.05) is 99.6 Å². The highest BCUT2D eigenvalue weighted by molar-refractivity contribution is 14.1. The fraction of sp³-hybridized carbons (Fsp3) is 0.0612. The molecule has 0 fully saturated rings. The van der Waals surface area contributed by atoms with Crippen molar-refractivity contribution < 1.29 is 17.6 Å². The molecular weight excluding hydrogens is 1040 g/mol. The van der Waals surface area contributed by atoms with Gasteiger partial charge in [0.15, 0.2) is 11.4 Å². The van der Waals surface area contributed by atoms with E-state index in [2.05, 4.69) is 93.0 Å². The molecule has 15 heteroatoms. The van der Waals surface area contributed by atoms with E-state index in [0.717, 1.165) is 53.8 Å². The highest BCUT2D eigenvalue weighted by atomic mass is 127. The van der Waals surface area contributed by atoms with Crippen LogP contribution >= 0.6 is 45.2 Å². The van der Waals surface area contributed by atoms with Crippen LogP contribution in [0.15, 0.2) is 133 Å². The Morgan fingerprint density at radius 3 is 1.50 bits per heavy atom. The summed E-state index contributed by atoms with van der Waals surface area (Å²) in [6.45, 7) is 19.6. The lowest BCUT2D eigenvalue weighted by Gasteiger charge is -2.04. The number of hydrogen-bond acceptors (Lipinski definition) is 4. The van der Waals surface area contributed by atoms with Crippen LogP contribution in [0.25, 0.3) is 21.1 Å². The van der Waals surface area contributed by atoms with E-state index < -0.39 is 23.3 Å². The molecule has 0 aliphatic carbocycles.